The molecule has 3 nitrogen and oxygen atoms in total. The van der Waals surface area contributed by atoms with Crippen molar-refractivity contribution in [2.75, 3.05) is 5.73 Å². The molecule has 0 radical (unpaired) electrons. The van der Waals surface area contributed by atoms with Gasteiger partial charge in [0, 0.05) is 4.88 Å². The number of nitrogen functional groups attached to an aromatic ring is 1. The molecule has 0 saturated carbocycles. The van der Waals surface area contributed by atoms with Gasteiger partial charge in [0.25, 0.3) is 0 Å². The lowest BCUT2D eigenvalue weighted by Gasteiger charge is -2.09. The summed E-state index contributed by atoms with van der Waals surface area (Å²) in [5, 5.41) is 0. The largest absolute Gasteiger partial charge is 0.382 e. The summed E-state index contributed by atoms with van der Waals surface area (Å²) in [6, 6.07) is 0. The number of hydrogen-bond donors (Lipinski definition) is 1. The normalized spacial score (nSPS) is 15.7. The van der Waals surface area contributed by atoms with Gasteiger partial charge in [-0.2, -0.15) is 0 Å². The first-order valence-electron chi connectivity index (χ1n) is 4.87. The highest BCUT2D eigenvalue weighted by atomic mass is 32.1. The molecule has 0 saturated heterocycles. The van der Waals surface area contributed by atoms with Gasteiger partial charge in [0.1, 0.15) is 12.1 Å². The molecule has 4 heteroatoms. The number of hydrogen-bond acceptors (Lipinski definition) is 4. The molecule has 0 atom stereocenters. The van der Waals surface area contributed by atoms with Gasteiger partial charge in [0.05, 0.1) is 10.2 Å². The molecule has 14 heavy (non-hydrogen) atoms. The highest BCUT2D eigenvalue weighted by Crippen LogP contribution is 2.36. The zero-order valence-electron chi connectivity index (χ0n) is 7.79. The van der Waals surface area contributed by atoms with Crippen molar-refractivity contribution in [2.45, 2.75) is 25.7 Å². The Morgan fingerprint density at radius 1 is 1.21 bits per heavy atom. The average Bonchev–Trinajstić information content (AvgIpc) is 2.59. The summed E-state index contributed by atoms with van der Waals surface area (Å²) in [5.41, 5.74) is 8.34. The molecule has 0 bridgehead atoms. The molecule has 0 aliphatic heterocycles. The third kappa shape index (κ3) is 1.04. The third-order valence-corrected chi connectivity index (χ3v) is 4.06. The molecule has 0 spiro atoms. The van der Waals surface area contributed by atoms with E-state index in [0.29, 0.717) is 5.82 Å². The van der Waals surface area contributed by atoms with Crippen molar-refractivity contribution in [2.24, 2.45) is 0 Å². The molecule has 0 fully saturated rings. The molecule has 1 aliphatic rings. The Morgan fingerprint density at radius 2 is 2.07 bits per heavy atom. The van der Waals surface area contributed by atoms with Crippen LogP contribution in [0, 0.1) is 0 Å². The van der Waals surface area contributed by atoms with Crippen molar-refractivity contribution in [1.29, 1.82) is 0 Å². The predicted octanol–water partition coefficient (Wildman–Crippen LogP) is 2.15. The number of anilines is 1. The van der Waals surface area contributed by atoms with Gasteiger partial charge in [-0.3, -0.25) is 0 Å². The van der Waals surface area contributed by atoms with Gasteiger partial charge in [-0.1, -0.05) is 0 Å². The van der Waals surface area contributed by atoms with Crippen LogP contribution in [-0.2, 0) is 12.8 Å². The molecule has 3 rings (SSSR count). The predicted molar refractivity (Wildman–Crippen MR) is 58.5 cm³/mol. The lowest BCUT2D eigenvalue weighted by atomic mass is 9.98. The van der Waals surface area contributed by atoms with Gasteiger partial charge >= 0.3 is 0 Å². The van der Waals surface area contributed by atoms with E-state index in [1.165, 1.54) is 29.7 Å². The topological polar surface area (TPSA) is 51.8 Å². The smallest absolute Gasteiger partial charge is 0.144 e. The number of aromatic nitrogens is 2. The van der Waals surface area contributed by atoms with Crippen LogP contribution in [0.15, 0.2) is 6.33 Å². The Balaban J connectivity index is 2.36. The van der Waals surface area contributed by atoms with Crippen LogP contribution in [-0.4, -0.2) is 9.97 Å². The summed E-state index contributed by atoms with van der Waals surface area (Å²) in [7, 11) is 0. The Labute approximate surface area is 86.0 Å². The summed E-state index contributed by atoms with van der Waals surface area (Å²) >= 11 is 1.78. The fourth-order valence-electron chi connectivity index (χ4n) is 2.07. The number of thiophene rings is 1. The monoisotopic (exact) mass is 205 g/mol. The lowest BCUT2D eigenvalue weighted by Crippen LogP contribution is -1.98. The van der Waals surface area contributed by atoms with Crippen molar-refractivity contribution in [3.8, 4) is 0 Å². The molecule has 1 aliphatic carbocycles. The van der Waals surface area contributed by atoms with E-state index >= 15 is 0 Å². The highest BCUT2D eigenvalue weighted by molar-refractivity contribution is 7.19. The molecule has 2 aromatic rings. The fraction of sp³-hybridized carbons (Fsp3) is 0.400. The Bertz CT molecular complexity index is 489. The highest BCUT2D eigenvalue weighted by Gasteiger charge is 2.17. The van der Waals surface area contributed by atoms with Crippen LogP contribution >= 0.6 is 11.3 Å². The van der Waals surface area contributed by atoms with Crippen LogP contribution in [0.4, 0.5) is 5.82 Å². The van der Waals surface area contributed by atoms with Gasteiger partial charge in [0.2, 0.25) is 0 Å². The second-order valence-corrected chi connectivity index (χ2v) is 4.75. The minimum absolute atomic E-state index is 0.634. The van der Waals surface area contributed by atoms with Gasteiger partial charge < -0.3 is 5.73 Å². The van der Waals surface area contributed by atoms with E-state index in [4.69, 9.17) is 5.73 Å². The quantitative estimate of drug-likeness (QED) is 0.717. The molecule has 72 valence electrons. The maximum atomic E-state index is 5.83. The van der Waals surface area contributed by atoms with Crippen molar-refractivity contribution >= 4 is 27.4 Å². The Morgan fingerprint density at radius 3 is 3.00 bits per heavy atom. The van der Waals surface area contributed by atoms with Crippen LogP contribution in [0.5, 0.6) is 0 Å². The van der Waals surface area contributed by atoms with Crippen LogP contribution in [0.3, 0.4) is 0 Å². The summed E-state index contributed by atoms with van der Waals surface area (Å²) in [4.78, 5) is 9.83. The van der Waals surface area contributed by atoms with E-state index in [2.05, 4.69) is 9.97 Å². The zero-order chi connectivity index (χ0) is 9.54. The van der Waals surface area contributed by atoms with E-state index in [9.17, 15) is 0 Å². The standard InChI is InChI=1S/C10H11N3S/c11-10-9-8(12-5-13-10)6-3-1-2-4-7(6)14-9/h5H,1-4H2,(H2,11,12,13). The summed E-state index contributed by atoms with van der Waals surface area (Å²) in [5.74, 6) is 0.634. The van der Waals surface area contributed by atoms with Gasteiger partial charge in [-0.05, 0) is 31.2 Å². The van der Waals surface area contributed by atoms with Gasteiger partial charge in [-0.15, -0.1) is 11.3 Å². The lowest BCUT2D eigenvalue weighted by molar-refractivity contribution is 0.699. The first-order valence-corrected chi connectivity index (χ1v) is 5.68. The number of rotatable bonds is 0. The van der Waals surface area contributed by atoms with Crippen LogP contribution < -0.4 is 5.73 Å². The fourth-order valence-corrected chi connectivity index (χ4v) is 3.31. The number of aryl methyl sites for hydroxylation is 2. The summed E-state index contributed by atoms with van der Waals surface area (Å²) < 4.78 is 1.08. The molecule has 0 unspecified atom stereocenters. The molecular weight excluding hydrogens is 194 g/mol. The zero-order valence-corrected chi connectivity index (χ0v) is 8.60. The molecule has 2 N–H and O–H groups in total. The van der Waals surface area contributed by atoms with Crippen molar-refractivity contribution < 1.29 is 0 Å². The maximum Gasteiger partial charge on any atom is 0.144 e. The number of nitrogens with zero attached hydrogens (tertiary/aromatic N) is 2. The van der Waals surface area contributed by atoms with Crippen molar-refractivity contribution in [3.05, 3.63) is 16.8 Å². The van der Waals surface area contributed by atoms with Crippen LogP contribution in [0.25, 0.3) is 10.2 Å². The second kappa shape index (κ2) is 2.92. The SMILES string of the molecule is Nc1ncnc2c3c(sc12)CCCC3. The Hall–Kier alpha value is -1.16. The Kier molecular flexibility index (Phi) is 1.70. The first-order chi connectivity index (χ1) is 6.86. The minimum Gasteiger partial charge on any atom is -0.382 e. The molecular formula is C10H11N3S. The van der Waals surface area contributed by atoms with Crippen molar-refractivity contribution in [1.82, 2.24) is 9.97 Å². The van der Waals surface area contributed by atoms with Gasteiger partial charge in [0.15, 0.2) is 0 Å². The molecule has 2 aromatic heterocycles. The number of nitrogens with two attached hydrogens (primary N) is 1. The molecule has 0 aromatic carbocycles. The minimum atomic E-state index is 0.634. The van der Waals surface area contributed by atoms with E-state index in [1.807, 2.05) is 0 Å². The van der Waals surface area contributed by atoms with E-state index in [1.54, 1.807) is 17.7 Å². The van der Waals surface area contributed by atoms with E-state index in [0.717, 1.165) is 16.6 Å². The molecule has 2 heterocycles. The molecule has 0 amide bonds. The maximum absolute atomic E-state index is 5.83. The summed E-state index contributed by atoms with van der Waals surface area (Å²) in [6.45, 7) is 0. The van der Waals surface area contributed by atoms with Crippen molar-refractivity contribution in [3.63, 3.8) is 0 Å². The van der Waals surface area contributed by atoms with E-state index < -0.39 is 0 Å². The third-order valence-electron chi connectivity index (χ3n) is 2.76. The van der Waals surface area contributed by atoms with Gasteiger partial charge in [-0.25, -0.2) is 9.97 Å². The van der Waals surface area contributed by atoms with Crippen LogP contribution in [0.1, 0.15) is 23.3 Å². The first kappa shape index (κ1) is 8.17. The number of fused-ring (bicyclic) bond motifs is 3. The van der Waals surface area contributed by atoms with Crippen LogP contribution in [0.2, 0.25) is 0 Å². The second-order valence-electron chi connectivity index (χ2n) is 3.65. The average molecular weight is 205 g/mol. The van der Waals surface area contributed by atoms with E-state index in [-0.39, 0.29) is 0 Å². The summed E-state index contributed by atoms with van der Waals surface area (Å²) in [6.07, 6.45) is 6.50.